The fraction of sp³-hybridized carbons (Fsp3) is 0.273. The van der Waals surface area contributed by atoms with Crippen molar-refractivity contribution < 1.29 is 4.52 Å². The summed E-state index contributed by atoms with van der Waals surface area (Å²) in [5.41, 5.74) is 2.41. The van der Waals surface area contributed by atoms with Crippen LogP contribution in [0, 0.1) is 6.92 Å². The van der Waals surface area contributed by atoms with Gasteiger partial charge in [0.05, 0.1) is 0 Å². The number of alkyl halides is 1. The Morgan fingerprint density at radius 3 is 2.60 bits per heavy atom. The minimum atomic E-state index is 0.265. The van der Waals surface area contributed by atoms with Crippen molar-refractivity contribution in [3.63, 3.8) is 0 Å². The first-order valence-electron chi connectivity index (χ1n) is 4.71. The van der Waals surface area contributed by atoms with E-state index in [1.807, 2.05) is 0 Å². The van der Waals surface area contributed by atoms with E-state index in [9.17, 15) is 0 Å². The van der Waals surface area contributed by atoms with Crippen molar-refractivity contribution in [3.8, 4) is 0 Å². The molecule has 0 saturated heterocycles. The molecule has 0 saturated carbocycles. The topological polar surface area (TPSA) is 38.9 Å². The Hall–Kier alpha value is -1.35. The summed E-state index contributed by atoms with van der Waals surface area (Å²) in [6.07, 6.45) is 0.681. The van der Waals surface area contributed by atoms with Gasteiger partial charge in [-0.2, -0.15) is 4.98 Å². The van der Waals surface area contributed by atoms with E-state index in [2.05, 4.69) is 41.3 Å². The molecular weight excluding hydrogens is 212 g/mol. The van der Waals surface area contributed by atoms with E-state index in [-0.39, 0.29) is 5.88 Å². The number of benzene rings is 1. The molecule has 2 rings (SSSR count). The van der Waals surface area contributed by atoms with Gasteiger partial charge in [-0.15, -0.1) is 11.6 Å². The fourth-order valence-corrected chi connectivity index (χ4v) is 1.41. The number of hydrogen-bond acceptors (Lipinski definition) is 3. The van der Waals surface area contributed by atoms with Crippen LogP contribution in [-0.4, -0.2) is 10.1 Å². The quantitative estimate of drug-likeness (QED) is 0.750. The summed E-state index contributed by atoms with van der Waals surface area (Å²) in [5, 5.41) is 3.83. The SMILES string of the molecule is Cc1ccc(Cc2noc(CCl)n2)cc1. The van der Waals surface area contributed by atoms with Crippen molar-refractivity contribution in [2.45, 2.75) is 19.2 Å². The summed E-state index contributed by atoms with van der Waals surface area (Å²) >= 11 is 5.57. The van der Waals surface area contributed by atoms with Crippen molar-refractivity contribution in [1.29, 1.82) is 0 Å². The third-order valence-electron chi connectivity index (χ3n) is 2.11. The molecule has 78 valence electrons. The van der Waals surface area contributed by atoms with E-state index in [1.165, 1.54) is 11.1 Å². The zero-order chi connectivity index (χ0) is 10.7. The molecule has 4 heteroatoms. The van der Waals surface area contributed by atoms with Crippen LogP contribution in [0.5, 0.6) is 0 Å². The molecule has 0 fully saturated rings. The molecule has 0 radical (unpaired) electrons. The third kappa shape index (κ3) is 2.57. The van der Waals surface area contributed by atoms with Gasteiger partial charge in [-0.05, 0) is 12.5 Å². The number of nitrogens with zero attached hydrogens (tertiary/aromatic N) is 2. The predicted molar refractivity (Wildman–Crippen MR) is 57.8 cm³/mol. The highest BCUT2D eigenvalue weighted by atomic mass is 35.5. The summed E-state index contributed by atoms with van der Waals surface area (Å²) in [6.45, 7) is 2.06. The van der Waals surface area contributed by atoms with E-state index < -0.39 is 0 Å². The van der Waals surface area contributed by atoms with Gasteiger partial charge in [-0.3, -0.25) is 0 Å². The minimum Gasteiger partial charge on any atom is -0.338 e. The molecule has 0 aliphatic rings. The van der Waals surface area contributed by atoms with E-state index in [4.69, 9.17) is 16.1 Å². The van der Waals surface area contributed by atoms with Crippen molar-refractivity contribution in [2.24, 2.45) is 0 Å². The Morgan fingerprint density at radius 1 is 1.27 bits per heavy atom. The second-order valence-electron chi connectivity index (χ2n) is 3.40. The Bertz CT molecular complexity index is 436. The van der Waals surface area contributed by atoms with Gasteiger partial charge in [0.25, 0.3) is 0 Å². The standard InChI is InChI=1S/C11H11ClN2O/c1-8-2-4-9(5-3-8)6-10-13-11(7-12)15-14-10/h2-5H,6-7H2,1H3. The lowest BCUT2D eigenvalue weighted by molar-refractivity contribution is 0.385. The van der Waals surface area contributed by atoms with Crippen molar-refractivity contribution in [2.75, 3.05) is 0 Å². The van der Waals surface area contributed by atoms with Crippen LogP contribution in [0.25, 0.3) is 0 Å². The molecule has 0 bridgehead atoms. The highest BCUT2D eigenvalue weighted by molar-refractivity contribution is 6.16. The van der Waals surface area contributed by atoms with Crippen LogP contribution in [0.3, 0.4) is 0 Å². The summed E-state index contributed by atoms with van der Waals surface area (Å²) in [5.74, 6) is 1.41. The largest absolute Gasteiger partial charge is 0.338 e. The van der Waals surface area contributed by atoms with Gasteiger partial charge in [-0.25, -0.2) is 0 Å². The molecule has 0 unspecified atom stereocenters. The molecular formula is C11H11ClN2O. The molecule has 1 aromatic carbocycles. The van der Waals surface area contributed by atoms with Gasteiger partial charge in [0.2, 0.25) is 5.89 Å². The third-order valence-corrected chi connectivity index (χ3v) is 2.34. The molecule has 0 aliphatic carbocycles. The number of halogens is 1. The number of hydrogen-bond donors (Lipinski definition) is 0. The predicted octanol–water partition coefficient (Wildman–Crippen LogP) is 2.71. The first-order valence-corrected chi connectivity index (χ1v) is 5.24. The van der Waals surface area contributed by atoms with Crippen LogP contribution in [0.15, 0.2) is 28.8 Å². The average molecular weight is 223 g/mol. The lowest BCUT2D eigenvalue weighted by Gasteiger charge is -1.96. The maximum atomic E-state index is 5.57. The number of rotatable bonds is 3. The van der Waals surface area contributed by atoms with E-state index in [0.717, 1.165) is 0 Å². The van der Waals surface area contributed by atoms with Crippen LogP contribution in [-0.2, 0) is 12.3 Å². The normalized spacial score (nSPS) is 10.5. The molecule has 0 amide bonds. The number of aryl methyl sites for hydroxylation is 1. The van der Waals surface area contributed by atoms with E-state index in [0.29, 0.717) is 18.1 Å². The Morgan fingerprint density at radius 2 is 2.00 bits per heavy atom. The lowest BCUT2D eigenvalue weighted by atomic mass is 10.1. The Labute approximate surface area is 93.1 Å². The van der Waals surface area contributed by atoms with E-state index >= 15 is 0 Å². The molecule has 1 heterocycles. The first kappa shape index (κ1) is 10.2. The first-order chi connectivity index (χ1) is 7.28. The highest BCUT2D eigenvalue weighted by Gasteiger charge is 2.05. The molecule has 0 atom stereocenters. The molecule has 3 nitrogen and oxygen atoms in total. The molecule has 0 spiro atoms. The van der Waals surface area contributed by atoms with Gasteiger partial charge in [-0.1, -0.05) is 35.0 Å². The summed E-state index contributed by atoms with van der Waals surface area (Å²) in [4.78, 5) is 4.14. The summed E-state index contributed by atoms with van der Waals surface area (Å²) in [6, 6.07) is 8.26. The average Bonchev–Trinajstić information content (AvgIpc) is 2.69. The molecule has 0 aliphatic heterocycles. The monoisotopic (exact) mass is 222 g/mol. The summed E-state index contributed by atoms with van der Waals surface area (Å²) in [7, 11) is 0. The van der Waals surface area contributed by atoms with Gasteiger partial charge in [0.15, 0.2) is 5.82 Å². The molecule has 15 heavy (non-hydrogen) atoms. The zero-order valence-corrected chi connectivity index (χ0v) is 9.16. The van der Waals surface area contributed by atoms with Gasteiger partial charge >= 0.3 is 0 Å². The van der Waals surface area contributed by atoms with Crippen LogP contribution in [0.4, 0.5) is 0 Å². The lowest BCUT2D eigenvalue weighted by Crippen LogP contribution is -1.91. The van der Waals surface area contributed by atoms with Crippen LogP contribution in [0.2, 0.25) is 0 Å². The highest BCUT2D eigenvalue weighted by Crippen LogP contribution is 2.09. The van der Waals surface area contributed by atoms with Gasteiger partial charge < -0.3 is 4.52 Å². The second kappa shape index (κ2) is 4.45. The van der Waals surface area contributed by atoms with Gasteiger partial charge in [0.1, 0.15) is 5.88 Å². The smallest absolute Gasteiger partial charge is 0.241 e. The van der Waals surface area contributed by atoms with Crippen molar-refractivity contribution in [3.05, 3.63) is 47.1 Å². The van der Waals surface area contributed by atoms with Crippen molar-refractivity contribution in [1.82, 2.24) is 10.1 Å². The molecule has 1 aromatic heterocycles. The van der Waals surface area contributed by atoms with E-state index in [1.54, 1.807) is 0 Å². The Balaban J connectivity index is 2.11. The zero-order valence-electron chi connectivity index (χ0n) is 8.40. The van der Waals surface area contributed by atoms with Gasteiger partial charge in [0, 0.05) is 6.42 Å². The van der Waals surface area contributed by atoms with Crippen LogP contribution in [0.1, 0.15) is 22.8 Å². The number of aromatic nitrogens is 2. The van der Waals surface area contributed by atoms with Crippen molar-refractivity contribution >= 4 is 11.6 Å². The summed E-state index contributed by atoms with van der Waals surface area (Å²) < 4.78 is 4.92. The van der Waals surface area contributed by atoms with Crippen LogP contribution < -0.4 is 0 Å². The Kier molecular flexibility index (Phi) is 3.02. The maximum absolute atomic E-state index is 5.57. The van der Waals surface area contributed by atoms with Crippen LogP contribution >= 0.6 is 11.6 Å². The second-order valence-corrected chi connectivity index (χ2v) is 3.67. The maximum Gasteiger partial charge on any atom is 0.241 e. The molecule has 0 N–H and O–H groups in total. The fourth-order valence-electron chi connectivity index (χ4n) is 1.30. The minimum absolute atomic E-state index is 0.265. The molecule has 2 aromatic rings.